The van der Waals surface area contributed by atoms with E-state index in [-0.39, 0.29) is 5.96 Å². The highest BCUT2D eigenvalue weighted by Crippen LogP contribution is 2.08. The molecule has 0 saturated heterocycles. The lowest BCUT2D eigenvalue weighted by atomic mass is 10.2. The van der Waals surface area contributed by atoms with Crippen molar-refractivity contribution in [2.24, 2.45) is 21.7 Å². The number of hydrogen-bond donors (Lipinski definition) is 2. The van der Waals surface area contributed by atoms with E-state index < -0.39 is 0 Å². The normalized spacial score (nSPS) is 10.2. The van der Waals surface area contributed by atoms with Crippen molar-refractivity contribution in [3.8, 4) is 0 Å². The molecule has 0 aliphatic heterocycles. The quantitative estimate of drug-likeness (QED) is 0.420. The summed E-state index contributed by atoms with van der Waals surface area (Å²) < 4.78 is 0. The van der Waals surface area contributed by atoms with Crippen molar-refractivity contribution >= 4 is 23.8 Å². The molecule has 0 atom stereocenters. The Morgan fingerprint density at radius 2 is 2.15 bits per heavy atom. The molecule has 68 valence electrons. The van der Waals surface area contributed by atoms with E-state index in [0.717, 1.165) is 5.56 Å². The van der Waals surface area contributed by atoms with Crippen molar-refractivity contribution in [2.45, 2.75) is 0 Å². The summed E-state index contributed by atoms with van der Waals surface area (Å²) in [5.74, 6) is -0.0710. The summed E-state index contributed by atoms with van der Waals surface area (Å²) in [6.07, 6.45) is 1.52. The van der Waals surface area contributed by atoms with Crippen molar-refractivity contribution in [2.75, 3.05) is 0 Å². The van der Waals surface area contributed by atoms with Crippen molar-refractivity contribution in [1.29, 1.82) is 0 Å². The molecule has 0 aliphatic rings. The van der Waals surface area contributed by atoms with Crippen LogP contribution in [0.4, 0.5) is 0 Å². The lowest BCUT2D eigenvalue weighted by Crippen LogP contribution is -2.21. The van der Waals surface area contributed by atoms with Crippen LogP contribution < -0.4 is 11.5 Å². The van der Waals surface area contributed by atoms with Gasteiger partial charge < -0.3 is 11.5 Å². The maximum atomic E-state index is 5.74. The summed E-state index contributed by atoms with van der Waals surface area (Å²) in [5.41, 5.74) is 11.0. The van der Waals surface area contributed by atoms with E-state index in [0.29, 0.717) is 5.02 Å². The summed E-state index contributed by atoms with van der Waals surface area (Å²) in [7, 11) is 0. The van der Waals surface area contributed by atoms with Crippen molar-refractivity contribution in [3.63, 3.8) is 0 Å². The molecule has 13 heavy (non-hydrogen) atoms. The van der Waals surface area contributed by atoms with Gasteiger partial charge >= 0.3 is 0 Å². The maximum Gasteiger partial charge on any atom is 0.211 e. The molecule has 0 saturated carbocycles. The fourth-order valence-corrected chi connectivity index (χ4v) is 0.948. The zero-order chi connectivity index (χ0) is 9.68. The van der Waals surface area contributed by atoms with Crippen molar-refractivity contribution in [3.05, 3.63) is 34.9 Å². The minimum absolute atomic E-state index is 0.0710. The lowest BCUT2D eigenvalue weighted by Gasteiger charge is -1.91. The predicted octanol–water partition coefficient (Wildman–Crippen LogP) is 0.947. The molecule has 5 heteroatoms. The third-order valence-corrected chi connectivity index (χ3v) is 1.46. The number of rotatable bonds is 2. The first-order valence-electron chi connectivity index (χ1n) is 3.56. The minimum atomic E-state index is -0.0710. The number of halogens is 1. The third kappa shape index (κ3) is 3.57. The molecule has 0 unspecified atom stereocenters. The first-order chi connectivity index (χ1) is 6.18. The average molecular weight is 197 g/mol. The molecular weight excluding hydrogens is 188 g/mol. The standard InChI is InChI=1S/C8H9ClN4/c9-7-3-1-2-6(4-7)5-12-13-8(10)11/h1-5H,(H4,10,11,13). The molecule has 0 heterocycles. The van der Waals surface area contributed by atoms with Crippen LogP contribution in [0.2, 0.25) is 5.02 Å². The fraction of sp³-hybridized carbons (Fsp3) is 0. The second-order valence-corrected chi connectivity index (χ2v) is 2.76. The molecule has 0 aromatic heterocycles. The lowest BCUT2D eigenvalue weighted by molar-refractivity contribution is 1.21. The van der Waals surface area contributed by atoms with Gasteiger partial charge in [0.2, 0.25) is 5.96 Å². The van der Waals surface area contributed by atoms with Gasteiger partial charge in [-0.15, -0.1) is 5.10 Å². The molecule has 4 nitrogen and oxygen atoms in total. The van der Waals surface area contributed by atoms with E-state index in [1.807, 2.05) is 12.1 Å². The molecule has 0 radical (unpaired) electrons. The third-order valence-electron chi connectivity index (χ3n) is 1.23. The highest BCUT2D eigenvalue weighted by Gasteiger charge is 1.88. The Balaban J connectivity index is 2.75. The van der Waals surface area contributed by atoms with Crippen LogP contribution in [0.5, 0.6) is 0 Å². The Morgan fingerprint density at radius 3 is 2.77 bits per heavy atom. The molecule has 1 rings (SSSR count). The molecule has 1 aromatic carbocycles. The Labute approximate surface area is 80.9 Å². The molecule has 1 aromatic rings. The summed E-state index contributed by atoms with van der Waals surface area (Å²) in [5, 5.41) is 7.73. The van der Waals surface area contributed by atoms with Crippen LogP contribution in [0.3, 0.4) is 0 Å². The predicted molar refractivity (Wildman–Crippen MR) is 54.9 cm³/mol. The van der Waals surface area contributed by atoms with Crippen LogP contribution in [0.25, 0.3) is 0 Å². The Bertz CT molecular complexity index is 342. The average Bonchev–Trinajstić information content (AvgIpc) is 2.03. The van der Waals surface area contributed by atoms with Gasteiger partial charge in [0.1, 0.15) is 0 Å². The summed E-state index contributed by atoms with van der Waals surface area (Å²) >= 11 is 5.74. The van der Waals surface area contributed by atoms with Gasteiger partial charge in [0.05, 0.1) is 6.21 Å². The second kappa shape index (κ2) is 4.47. The van der Waals surface area contributed by atoms with E-state index in [2.05, 4.69) is 10.2 Å². The van der Waals surface area contributed by atoms with Crippen LogP contribution in [-0.4, -0.2) is 12.2 Å². The van der Waals surface area contributed by atoms with Crippen molar-refractivity contribution < 1.29 is 0 Å². The Hall–Kier alpha value is -1.55. The van der Waals surface area contributed by atoms with Crippen LogP contribution in [0.1, 0.15) is 5.56 Å². The van der Waals surface area contributed by atoms with E-state index in [1.54, 1.807) is 12.1 Å². The van der Waals surface area contributed by atoms with Gasteiger partial charge in [0, 0.05) is 5.02 Å². The van der Waals surface area contributed by atoms with Gasteiger partial charge in [-0.2, -0.15) is 5.10 Å². The topological polar surface area (TPSA) is 76.8 Å². The minimum Gasteiger partial charge on any atom is -0.369 e. The van der Waals surface area contributed by atoms with Crippen molar-refractivity contribution in [1.82, 2.24) is 0 Å². The number of hydrogen-bond acceptors (Lipinski definition) is 2. The summed E-state index contributed by atoms with van der Waals surface area (Å²) in [4.78, 5) is 0. The van der Waals surface area contributed by atoms with Crippen LogP contribution in [0.15, 0.2) is 34.5 Å². The van der Waals surface area contributed by atoms with Crippen LogP contribution in [0, 0.1) is 0 Å². The van der Waals surface area contributed by atoms with Crippen LogP contribution >= 0.6 is 11.6 Å². The van der Waals surface area contributed by atoms with E-state index in [9.17, 15) is 0 Å². The van der Waals surface area contributed by atoms with Gasteiger partial charge in [-0.3, -0.25) is 0 Å². The smallest absolute Gasteiger partial charge is 0.211 e. The zero-order valence-corrected chi connectivity index (χ0v) is 7.57. The molecule has 4 N–H and O–H groups in total. The molecule has 0 aliphatic carbocycles. The molecule has 0 spiro atoms. The van der Waals surface area contributed by atoms with E-state index >= 15 is 0 Å². The largest absolute Gasteiger partial charge is 0.369 e. The Morgan fingerprint density at radius 1 is 1.38 bits per heavy atom. The Kier molecular flexibility index (Phi) is 3.28. The molecule has 0 bridgehead atoms. The summed E-state index contributed by atoms with van der Waals surface area (Å²) in [6.45, 7) is 0. The number of nitrogens with two attached hydrogens (primary N) is 2. The molecule has 0 amide bonds. The van der Waals surface area contributed by atoms with Gasteiger partial charge in [-0.1, -0.05) is 23.7 Å². The number of guanidine groups is 1. The van der Waals surface area contributed by atoms with Gasteiger partial charge in [0.25, 0.3) is 0 Å². The fourth-order valence-electron chi connectivity index (χ4n) is 0.749. The maximum absolute atomic E-state index is 5.74. The van der Waals surface area contributed by atoms with Crippen LogP contribution in [-0.2, 0) is 0 Å². The molecule has 0 fully saturated rings. The highest BCUT2D eigenvalue weighted by atomic mass is 35.5. The zero-order valence-electron chi connectivity index (χ0n) is 6.81. The first kappa shape index (κ1) is 9.54. The number of nitrogens with zero attached hydrogens (tertiary/aromatic N) is 2. The van der Waals surface area contributed by atoms with E-state index in [4.69, 9.17) is 23.1 Å². The number of benzene rings is 1. The molecular formula is C8H9ClN4. The van der Waals surface area contributed by atoms with E-state index in [1.165, 1.54) is 6.21 Å². The van der Waals surface area contributed by atoms with Gasteiger partial charge in [0.15, 0.2) is 0 Å². The second-order valence-electron chi connectivity index (χ2n) is 2.32. The first-order valence-corrected chi connectivity index (χ1v) is 3.94. The SMILES string of the molecule is NC(N)=NN=Cc1cccc(Cl)c1. The highest BCUT2D eigenvalue weighted by molar-refractivity contribution is 6.30. The van der Waals surface area contributed by atoms with Gasteiger partial charge in [-0.05, 0) is 17.7 Å². The monoisotopic (exact) mass is 196 g/mol. The summed E-state index contributed by atoms with van der Waals surface area (Å²) in [6, 6.07) is 7.20. The van der Waals surface area contributed by atoms with Gasteiger partial charge in [-0.25, -0.2) is 0 Å².